The van der Waals surface area contributed by atoms with Crippen molar-refractivity contribution < 1.29 is 19.2 Å². The zero-order valence-corrected chi connectivity index (χ0v) is 20.6. The summed E-state index contributed by atoms with van der Waals surface area (Å²) >= 11 is 3.46. The Balaban J connectivity index is 0.00000187. The van der Waals surface area contributed by atoms with Crippen LogP contribution in [0.4, 0.5) is 11.4 Å². The fraction of sp³-hybridized carbons (Fsp3) is 0.333. The summed E-state index contributed by atoms with van der Waals surface area (Å²) in [5.41, 5.74) is 0.780. The van der Waals surface area contributed by atoms with Crippen LogP contribution in [0.5, 0.6) is 5.75 Å². The van der Waals surface area contributed by atoms with Crippen molar-refractivity contribution in [2.45, 2.75) is 33.1 Å². The van der Waals surface area contributed by atoms with Gasteiger partial charge in [-0.25, -0.2) is 0 Å². The van der Waals surface area contributed by atoms with Crippen molar-refractivity contribution in [2.24, 2.45) is 0 Å². The molecule has 0 saturated carbocycles. The van der Waals surface area contributed by atoms with Crippen LogP contribution in [0.1, 0.15) is 38.7 Å². The number of para-hydroxylation sites is 1. The van der Waals surface area contributed by atoms with E-state index in [0.717, 1.165) is 19.3 Å². The Morgan fingerprint density at radius 3 is 2.21 bits per heavy atom. The second kappa shape index (κ2) is 12.7. The first-order valence-electron chi connectivity index (χ1n) is 10.8. The maximum absolute atomic E-state index is 13.3. The quantitative estimate of drug-likeness (QED) is 0.182. The second-order valence-electron chi connectivity index (χ2n) is 7.00. The molecule has 1 fully saturated rings. The minimum Gasteiger partial charge on any atom is -0.496 e. The highest BCUT2D eigenvalue weighted by Crippen LogP contribution is 2.34. The van der Waals surface area contributed by atoms with Gasteiger partial charge in [-0.15, -0.1) is 0 Å². The first kappa shape index (κ1) is 26.1. The number of carbonyl (C=O) groups is 2. The third-order valence-corrected chi connectivity index (χ3v) is 5.81. The van der Waals surface area contributed by atoms with Gasteiger partial charge in [0.05, 0.1) is 12.0 Å². The minimum absolute atomic E-state index is 0.0512. The number of nitrogens with zero attached hydrogens (tertiary/aromatic N) is 2. The van der Waals surface area contributed by atoms with Crippen LogP contribution < -0.4 is 10.1 Å². The van der Waals surface area contributed by atoms with E-state index in [0.29, 0.717) is 34.6 Å². The summed E-state index contributed by atoms with van der Waals surface area (Å²) in [6, 6.07) is 12.5. The van der Waals surface area contributed by atoms with Gasteiger partial charge in [0, 0.05) is 41.0 Å². The Morgan fingerprint density at radius 1 is 1.03 bits per heavy atom. The van der Waals surface area contributed by atoms with E-state index in [1.807, 2.05) is 13.8 Å². The number of benzene rings is 2. The maximum Gasteiger partial charge on any atom is 0.269 e. The van der Waals surface area contributed by atoms with Crippen LogP contribution in [0.2, 0.25) is 0 Å². The summed E-state index contributed by atoms with van der Waals surface area (Å²) in [5.74, 6) is -0.472. The normalized spacial score (nSPS) is 13.8. The van der Waals surface area contributed by atoms with Crippen molar-refractivity contribution in [2.75, 3.05) is 25.5 Å². The van der Waals surface area contributed by atoms with E-state index < -0.39 is 10.8 Å². The molecule has 2 aromatic carbocycles. The van der Waals surface area contributed by atoms with Crippen LogP contribution in [0.25, 0.3) is 4.48 Å². The molecule has 33 heavy (non-hydrogen) atoms. The molecule has 2 aromatic rings. The molecule has 8 nitrogen and oxygen atoms in total. The number of likely N-dealkylation sites (tertiary alicyclic amines) is 1. The summed E-state index contributed by atoms with van der Waals surface area (Å²) in [7, 11) is 1.52. The van der Waals surface area contributed by atoms with E-state index >= 15 is 0 Å². The number of piperidine rings is 1. The van der Waals surface area contributed by atoms with Crippen molar-refractivity contribution in [1.29, 1.82) is 0 Å². The Kier molecular flexibility index (Phi) is 10.1. The fourth-order valence-corrected chi connectivity index (χ4v) is 4.04. The number of amides is 2. The van der Waals surface area contributed by atoms with Gasteiger partial charge < -0.3 is 15.0 Å². The zero-order valence-electron chi connectivity index (χ0n) is 19.0. The third-order valence-electron chi connectivity index (χ3n) is 4.98. The van der Waals surface area contributed by atoms with Gasteiger partial charge >= 0.3 is 0 Å². The fourth-order valence-electron chi connectivity index (χ4n) is 3.37. The van der Waals surface area contributed by atoms with Crippen LogP contribution in [0.3, 0.4) is 0 Å². The van der Waals surface area contributed by atoms with Crippen molar-refractivity contribution in [3.05, 3.63) is 69.8 Å². The van der Waals surface area contributed by atoms with E-state index in [1.54, 1.807) is 29.2 Å². The van der Waals surface area contributed by atoms with E-state index in [9.17, 15) is 19.7 Å². The third kappa shape index (κ3) is 6.64. The molecule has 1 aliphatic heterocycles. The van der Waals surface area contributed by atoms with Crippen LogP contribution in [-0.2, 0) is 9.59 Å². The lowest BCUT2D eigenvalue weighted by atomic mass is 10.1. The SMILES string of the molecule is CC.COc1ccccc1/C(Br)=C(\C(=O)Nc1ccc([N+](=O)[O-])cc1)C(=O)N1CCCCC1. The number of halogens is 1. The topological polar surface area (TPSA) is 102 Å². The lowest BCUT2D eigenvalue weighted by Gasteiger charge is -2.28. The van der Waals surface area contributed by atoms with Gasteiger partial charge in [-0.1, -0.05) is 32.0 Å². The van der Waals surface area contributed by atoms with Gasteiger partial charge in [-0.3, -0.25) is 19.7 Å². The number of rotatable bonds is 6. The Hall–Kier alpha value is -3.20. The highest BCUT2D eigenvalue weighted by Gasteiger charge is 2.29. The highest BCUT2D eigenvalue weighted by atomic mass is 79.9. The molecule has 0 aromatic heterocycles. The average Bonchev–Trinajstić information content (AvgIpc) is 2.86. The number of methoxy groups -OCH3 is 1. The average molecular weight is 518 g/mol. The number of carbonyl (C=O) groups excluding carboxylic acids is 2. The largest absolute Gasteiger partial charge is 0.496 e. The molecule has 0 unspecified atom stereocenters. The minimum atomic E-state index is -0.609. The number of hydrogen-bond donors (Lipinski definition) is 1. The molecule has 3 rings (SSSR count). The maximum atomic E-state index is 13.3. The van der Waals surface area contributed by atoms with Crippen molar-refractivity contribution >= 4 is 43.6 Å². The monoisotopic (exact) mass is 517 g/mol. The molecule has 0 spiro atoms. The Bertz CT molecular complexity index is 1020. The first-order chi connectivity index (χ1) is 15.9. The first-order valence-corrected chi connectivity index (χ1v) is 11.6. The Labute approximate surface area is 201 Å². The summed E-state index contributed by atoms with van der Waals surface area (Å²) in [6.45, 7) is 5.17. The summed E-state index contributed by atoms with van der Waals surface area (Å²) < 4.78 is 5.71. The highest BCUT2D eigenvalue weighted by molar-refractivity contribution is 9.15. The van der Waals surface area contributed by atoms with Crippen LogP contribution in [0.15, 0.2) is 54.1 Å². The molecule has 0 radical (unpaired) electrons. The number of ether oxygens (including phenoxy) is 1. The van der Waals surface area contributed by atoms with E-state index in [-0.39, 0.29) is 17.2 Å². The van der Waals surface area contributed by atoms with Gasteiger partial charge in [0.1, 0.15) is 11.3 Å². The van der Waals surface area contributed by atoms with Crippen molar-refractivity contribution in [1.82, 2.24) is 4.90 Å². The summed E-state index contributed by atoms with van der Waals surface area (Å²) in [4.78, 5) is 38.6. The van der Waals surface area contributed by atoms with Gasteiger partial charge in [-0.05, 0) is 53.4 Å². The van der Waals surface area contributed by atoms with Gasteiger partial charge in [0.2, 0.25) is 0 Å². The van der Waals surface area contributed by atoms with E-state index in [4.69, 9.17) is 4.74 Å². The number of non-ortho nitro benzene ring substituents is 1. The summed E-state index contributed by atoms with van der Waals surface area (Å²) in [6.07, 6.45) is 2.82. The molecule has 1 aliphatic rings. The predicted molar refractivity (Wildman–Crippen MR) is 132 cm³/mol. The number of anilines is 1. The number of nitrogens with one attached hydrogen (secondary N) is 1. The lowest BCUT2D eigenvalue weighted by molar-refractivity contribution is -0.384. The molecular weight excluding hydrogens is 490 g/mol. The molecule has 1 N–H and O–H groups in total. The predicted octanol–water partition coefficient (Wildman–Crippen LogP) is 5.39. The lowest BCUT2D eigenvalue weighted by Crippen LogP contribution is -2.39. The van der Waals surface area contributed by atoms with Crippen LogP contribution >= 0.6 is 15.9 Å². The molecule has 0 atom stereocenters. The molecule has 1 saturated heterocycles. The van der Waals surface area contributed by atoms with Gasteiger partial charge in [0.25, 0.3) is 17.5 Å². The molecule has 0 aliphatic carbocycles. The second-order valence-corrected chi connectivity index (χ2v) is 7.79. The van der Waals surface area contributed by atoms with Crippen molar-refractivity contribution in [3.8, 4) is 5.75 Å². The number of nitro groups is 1. The van der Waals surface area contributed by atoms with Gasteiger partial charge in [0.15, 0.2) is 0 Å². The number of nitro benzene ring substituents is 1. The summed E-state index contributed by atoms with van der Waals surface area (Å²) in [5, 5.41) is 13.5. The molecule has 9 heteroatoms. The van der Waals surface area contributed by atoms with E-state index in [1.165, 1.54) is 31.4 Å². The van der Waals surface area contributed by atoms with Crippen LogP contribution in [0, 0.1) is 10.1 Å². The molecule has 0 bridgehead atoms. The molecule has 2 amide bonds. The number of hydrogen-bond acceptors (Lipinski definition) is 5. The Morgan fingerprint density at radius 2 is 1.64 bits per heavy atom. The molecular formula is C24H28BrN3O5. The van der Waals surface area contributed by atoms with E-state index in [2.05, 4.69) is 21.2 Å². The van der Waals surface area contributed by atoms with Crippen molar-refractivity contribution in [3.63, 3.8) is 0 Å². The van der Waals surface area contributed by atoms with Crippen LogP contribution in [-0.4, -0.2) is 41.8 Å². The smallest absolute Gasteiger partial charge is 0.269 e. The molecule has 176 valence electrons. The standard InChI is InChI=1S/C22H22BrN3O5.C2H6/c1-31-18-8-4-3-7-17(18)20(23)19(22(28)25-13-5-2-6-14-25)21(27)24-15-9-11-16(12-10-15)26(29)30;1-2/h3-4,7-12H,2,5-6,13-14H2,1H3,(H,24,27);1-2H3/b20-19-;. The van der Waals surface area contributed by atoms with Gasteiger partial charge in [-0.2, -0.15) is 0 Å². The zero-order chi connectivity index (χ0) is 24.4. The molecule has 1 heterocycles.